The lowest BCUT2D eigenvalue weighted by molar-refractivity contribution is -0.122. The number of carbonyl (C=O) groups excluding carboxylic acids is 2. The minimum atomic E-state index is -0.331. The Morgan fingerprint density at radius 3 is 2.83 bits per heavy atom. The zero-order valence-corrected chi connectivity index (χ0v) is 20.5. The van der Waals surface area contributed by atoms with Crippen molar-refractivity contribution < 1.29 is 14.3 Å². The molecule has 1 amide bonds. The average Bonchev–Trinajstić information content (AvgIpc) is 3.27. The minimum absolute atomic E-state index is 0.0456. The molecule has 36 heavy (non-hydrogen) atoms. The maximum atomic E-state index is 13.6. The number of amides is 1. The van der Waals surface area contributed by atoms with Crippen LogP contribution in [0, 0.1) is 11.8 Å². The molecule has 1 unspecified atom stereocenters. The molecule has 4 rings (SSSR count). The molecule has 3 heterocycles. The Balaban J connectivity index is 1.68. The number of benzene rings is 1. The Morgan fingerprint density at radius 1 is 1.28 bits per heavy atom. The number of carbonyl (C=O) groups is 2. The first-order valence-electron chi connectivity index (χ1n) is 11.9. The zero-order valence-electron chi connectivity index (χ0n) is 20.5. The molecule has 0 bridgehead atoms. The molecular weight excluding hydrogens is 460 g/mol. The lowest BCUT2D eigenvalue weighted by Crippen LogP contribution is -2.44. The number of fused-ring (bicyclic) bond motifs is 1. The molecule has 3 N–H and O–H groups in total. The van der Waals surface area contributed by atoms with Crippen LogP contribution in [-0.2, 0) is 17.9 Å². The number of piperidine rings is 1. The van der Waals surface area contributed by atoms with Crippen molar-refractivity contribution in [3.63, 3.8) is 0 Å². The van der Waals surface area contributed by atoms with Crippen molar-refractivity contribution in [2.75, 3.05) is 31.6 Å². The van der Waals surface area contributed by atoms with Crippen molar-refractivity contribution in [2.45, 2.75) is 38.9 Å². The first-order chi connectivity index (χ1) is 17.4. The smallest absolute Gasteiger partial charge is 0.277 e. The van der Waals surface area contributed by atoms with Crippen LogP contribution in [0.5, 0.6) is 5.75 Å². The third kappa shape index (κ3) is 5.26. The third-order valence-electron chi connectivity index (χ3n) is 6.14. The van der Waals surface area contributed by atoms with Crippen molar-refractivity contribution in [3.8, 4) is 17.6 Å². The van der Waals surface area contributed by atoms with Crippen molar-refractivity contribution in [3.05, 3.63) is 52.4 Å². The number of anilines is 1. The molecule has 188 valence electrons. The number of ether oxygens (including phenoxy) is 1. The van der Waals surface area contributed by atoms with E-state index in [0.29, 0.717) is 35.6 Å². The zero-order chi connectivity index (χ0) is 25.7. The van der Waals surface area contributed by atoms with Gasteiger partial charge in [0.1, 0.15) is 11.3 Å². The fourth-order valence-electron chi connectivity index (χ4n) is 4.31. The summed E-state index contributed by atoms with van der Waals surface area (Å²) in [6, 6.07) is 8.45. The Hall–Kier alpha value is -4.10. The number of pyridine rings is 1. The Morgan fingerprint density at radius 2 is 2.08 bits per heavy atom. The van der Waals surface area contributed by atoms with E-state index in [0.717, 1.165) is 19.4 Å². The van der Waals surface area contributed by atoms with Crippen LogP contribution in [-0.4, -0.2) is 58.6 Å². The molecule has 10 nitrogen and oxygen atoms in total. The third-order valence-corrected chi connectivity index (χ3v) is 6.14. The second-order valence-corrected chi connectivity index (χ2v) is 8.64. The van der Waals surface area contributed by atoms with Crippen LogP contribution in [0.1, 0.15) is 30.1 Å². The number of aromatic nitrogens is 3. The fraction of sp³-hybridized carbons (Fsp3) is 0.385. The van der Waals surface area contributed by atoms with Crippen LogP contribution in [0.2, 0.25) is 0 Å². The highest BCUT2D eigenvalue weighted by atomic mass is 16.5. The molecule has 0 aliphatic carbocycles. The Labute approximate surface area is 209 Å². The van der Waals surface area contributed by atoms with E-state index in [-0.39, 0.29) is 42.2 Å². The van der Waals surface area contributed by atoms with Gasteiger partial charge in [0.25, 0.3) is 11.5 Å². The van der Waals surface area contributed by atoms with Gasteiger partial charge in [-0.15, -0.1) is 5.92 Å². The van der Waals surface area contributed by atoms with E-state index < -0.39 is 0 Å². The number of nitrogens with one attached hydrogen (secondary N) is 1. The maximum Gasteiger partial charge on any atom is 0.277 e. The lowest BCUT2D eigenvalue weighted by Gasteiger charge is -2.31. The molecule has 1 aliphatic rings. The Kier molecular flexibility index (Phi) is 7.71. The summed E-state index contributed by atoms with van der Waals surface area (Å²) in [6.45, 7) is 3.10. The van der Waals surface area contributed by atoms with Gasteiger partial charge in [-0.3, -0.25) is 19.0 Å². The number of rotatable bonds is 8. The van der Waals surface area contributed by atoms with Gasteiger partial charge in [0, 0.05) is 32.4 Å². The molecule has 3 aromatic rings. The molecule has 10 heteroatoms. The number of nitrogens with two attached hydrogens (primary N) is 1. The van der Waals surface area contributed by atoms with Gasteiger partial charge in [-0.2, -0.15) is 0 Å². The van der Waals surface area contributed by atoms with Gasteiger partial charge in [0.2, 0.25) is 5.95 Å². The quantitative estimate of drug-likeness (QED) is 0.359. The SMILES string of the molecule is CC#CCn1c(N2CCCC(N)C2)nc2ccn(CC(=O)c3ccccc3OCC(=O)NC)c(=O)c21. The molecule has 1 aliphatic heterocycles. The molecule has 1 atom stereocenters. The number of nitrogens with zero attached hydrogens (tertiary/aromatic N) is 4. The molecule has 0 radical (unpaired) electrons. The van der Waals surface area contributed by atoms with Crippen LogP contribution in [0.15, 0.2) is 41.3 Å². The number of imidazole rings is 1. The van der Waals surface area contributed by atoms with Gasteiger partial charge in [0.05, 0.1) is 24.2 Å². The van der Waals surface area contributed by atoms with Crippen LogP contribution in [0.25, 0.3) is 11.0 Å². The Bertz CT molecular complexity index is 1400. The molecule has 1 saturated heterocycles. The standard InChI is InChI=1S/C26H30N6O4/c1-3-4-13-32-24-20(29-26(32)31-12-7-8-18(27)15-31)11-14-30(25(24)35)16-21(33)19-9-5-6-10-22(19)36-17-23(34)28-2/h5-6,9-11,14,18H,7-8,12-13,15-17,27H2,1-2H3,(H,28,34). The molecular formula is C26H30N6O4. The van der Waals surface area contributed by atoms with Gasteiger partial charge in [0.15, 0.2) is 12.4 Å². The molecule has 2 aromatic heterocycles. The van der Waals surface area contributed by atoms with Crippen LogP contribution in [0.4, 0.5) is 5.95 Å². The summed E-state index contributed by atoms with van der Waals surface area (Å²) in [5.74, 6) is 6.24. The summed E-state index contributed by atoms with van der Waals surface area (Å²) in [7, 11) is 1.51. The first-order valence-corrected chi connectivity index (χ1v) is 11.9. The van der Waals surface area contributed by atoms with Gasteiger partial charge in [-0.05, 0) is 38.0 Å². The number of likely N-dealkylation sites (N-methyl/N-ethyl adjacent to an activating group) is 1. The summed E-state index contributed by atoms with van der Waals surface area (Å²) < 4.78 is 8.70. The van der Waals surface area contributed by atoms with E-state index in [1.54, 1.807) is 43.5 Å². The van der Waals surface area contributed by atoms with E-state index in [4.69, 9.17) is 15.5 Å². The summed E-state index contributed by atoms with van der Waals surface area (Å²) >= 11 is 0. The summed E-state index contributed by atoms with van der Waals surface area (Å²) in [5, 5.41) is 2.47. The van der Waals surface area contributed by atoms with Gasteiger partial charge < -0.3 is 25.3 Å². The molecule has 1 aromatic carbocycles. The number of hydrogen-bond acceptors (Lipinski definition) is 7. The van der Waals surface area contributed by atoms with Crippen molar-refractivity contribution >= 4 is 28.7 Å². The first kappa shape index (κ1) is 25.0. The number of Topliss-reactive ketones (excluding diaryl/α,β-unsaturated/α-hetero) is 1. The van der Waals surface area contributed by atoms with E-state index in [9.17, 15) is 14.4 Å². The van der Waals surface area contributed by atoms with Crippen LogP contribution >= 0.6 is 0 Å². The molecule has 0 spiro atoms. The molecule has 0 saturated carbocycles. The van der Waals surface area contributed by atoms with Crippen LogP contribution in [0.3, 0.4) is 0 Å². The normalized spacial score (nSPS) is 15.3. The largest absolute Gasteiger partial charge is 0.483 e. The van der Waals surface area contributed by atoms with E-state index in [2.05, 4.69) is 22.1 Å². The predicted octanol–water partition coefficient (Wildman–Crippen LogP) is 1.16. The number of hydrogen-bond donors (Lipinski definition) is 2. The topological polar surface area (TPSA) is 124 Å². The summed E-state index contributed by atoms with van der Waals surface area (Å²) in [6.07, 6.45) is 3.48. The average molecular weight is 491 g/mol. The predicted molar refractivity (Wildman–Crippen MR) is 137 cm³/mol. The highest BCUT2D eigenvalue weighted by Gasteiger charge is 2.24. The van der Waals surface area contributed by atoms with Gasteiger partial charge in [-0.1, -0.05) is 18.1 Å². The van der Waals surface area contributed by atoms with Gasteiger partial charge >= 0.3 is 0 Å². The minimum Gasteiger partial charge on any atom is -0.483 e. The monoisotopic (exact) mass is 490 g/mol. The summed E-state index contributed by atoms with van der Waals surface area (Å²) in [4.78, 5) is 45.1. The highest BCUT2D eigenvalue weighted by molar-refractivity contribution is 5.98. The van der Waals surface area contributed by atoms with E-state index in [1.807, 2.05) is 4.57 Å². The lowest BCUT2D eigenvalue weighted by atomic mass is 10.1. The van der Waals surface area contributed by atoms with Crippen LogP contribution < -0.4 is 26.2 Å². The highest BCUT2D eigenvalue weighted by Crippen LogP contribution is 2.24. The fourth-order valence-corrected chi connectivity index (χ4v) is 4.31. The van der Waals surface area contributed by atoms with E-state index >= 15 is 0 Å². The van der Waals surface area contributed by atoms with Crippen molar-refractivity contribution in [1.82, 2.24) is 19.4 Å². The number of para-hydroxylation sites is 1. The van der Waals surface area contributed by atoms with Crippen molar-refractivity contribution in [1.29, 1.82) is 0 Å². The summed E-state index contributed by atoms with van der Waals surface area (Å²) in [5.41, 5.74) is 7.09. The number of ketones is 1. The second kappa shape index (κ2) is 11.1. The molecule has 1 fully saturated rings. The second-order valence-electron chi connectivity index (χ2n) is 8.64. The van der Waals surface area contributed by atoms with Gasteiger partial charge in [-0.25, -0.2) is 4.98 Å². The van der Waals surface area contributed by atoms with Crippen molar-refractivity contribution in [2.24, 2.45) is 5.73 Å². The maximum absolute atomic E-state index is 13.6. The van der Waals surface area contributed by atoms with E-state index in [1.165, 1.54) is 11.6 Å².